The molecule has 0 saturated carbocycles. The van der Waals surface area contributed by atoms with Crippen molar-refractivity contribution in [3.8, 4) is 11.5 Å². The van der Waals surface area contributed by atoms with Gasteiger partial charge in [-0.15, -0.1) is 0 Å². The Bertz CT molecular complexity index is 554. The first kappa shape index (κ1) is 15.0. The van der Waals surface area contributed by atoms with Crippen LogP contribution in [0.4, 0.5) is 5.69 Å². The third-order valence-electron chi connectivity index (χ3n) is 3.16. The van der Waals surface area contributed by atoms with E-state index in [-0.39, 0.29) is 22.7 Å². The maximum absolute atomic E-state index is 12.4. The maximum atomic E-state index is 12.4. The molecule has 1 heterocycles. The van der Waals surface area contributed by atoms with Gasteiger partial charge in [0.05, 0.1) is 31.8 Å². The highest BCUT2D eigenvalue weighted by Crippen LogP contribution is 2.35. The molecule has 0 radical (unpaired) electrons. The van der Waals surface area contributed by atoms with Gasteiger partial charge < -0.3 is 9.47 Å². The molecule has 0 atom stereocenters. The van der Waals surface area contributed by atoms with E-state index in [9.17, 15) is 14.9 Å². The number of methoxy groups -OCH3 is 2. The van der Waals surface area contributed by atoms with Crippen molar-refractivity contribution in [2.75, 3.05) is 27.4 Å². The highest BCUT2D eigenvalue weighted by atomic mass is 16.7. The Morgan fingerprint density at radius 3 is 2.48 bits per heavy atom. The van der Waals surface area contributed by atoms with Gasteiger partial charge >= 0.3 is 0 Å². The molecule has 1 saturated heterocycles. The van der Waals surface area contributed by atoms with Crippen LogP contribution in [-0.4, -0.2) is 43.3 Å². The summed E-state index contributed by atoms with van der Waals surface area (Å²) in [6.45, 7) is 0.831. The predicted octanol–water partition coefficient (Wildman–Crippen LogP) is 1.78. The number of benzene rings is 1. The van der Waals surface area contributed by atoms with Crippen molar-refractivity contribution in [1.82, 2.24) is 5.06 Å². The van der Waals surface area contributed by atoms with Gasteiger partial charge in [-0.25, -0.2) is 5.06 Å². The monoisotopic (exact) mass is 296 g/mol. The quantitative estimate of drug-likeness (QED) is 0.621. The average Bonchev–Trinajstić information content (AvgIpc) is 2.53. The number of nitro benzene ring substituents is 1. The molecule has 1 aromatic carbocycles. The Morgan fingerprint density at radius 2 is 1.95 bits per heavy atom. The fourth-order valence-electron chi connectivity index (χ4n) is 2.08. The zero-order chi connectivity index (χ0) is 15.4. The molecule has 0 aliphatic carbocycles. The summed E-state index contributed by atoms with van der Waals surface area (Å²) in [6, 6.07) is 2.48. The van der Waals surface area contributed by atoms with Gasteiger partial charge in [0.2, 0.25) is 0 Å². The van der Waals surface area contributed by atoms with Crippen LogP contribution < -0.4 is 9.47 Å². The van der Waals surface area contributed by atoms with Crippen molar-refractivity contribution >= 4 is 11.6 Å². The van der Waals surface area contributed by atoms with Crippen molar-refractivity contribution in [3.63, 3.8) is 0 Å². The van der Waals surface area contributed by atoms with Gasteiger partial charge in [-0.1, -0.05) is 0 Å². The lowest BCUT2D eigenvalue weighted by Gasteiger charge is -2.25. The highest BCUT2D eigenvalue weighted by Gasteiger charge is 2.29. The van der Waals surface area contributed by atoms with E-state index in [2.05, 4.69) is 0 Å². The summed E-state index contributed by atoms with van der Waals surface area (Å²) in [5.74, 6) is -0.105. The van der Waals surface area contributed by atoms with Crippen molar-refractivity contribution in [2.24, 2.45) is 0 Å². The van der Waals surface area contributed by atoms with E-state index in [0.29, 0.717) is 13.2 Å². The molecule has 1 amide bonds. The second kappa shape index (κ2) is 6.40. The molecule has 8 heteroatoms. The van der Waals surface area contributed by atoms with E-state index >= 15 is 0 Å². The predicted molar refractivity (Wildman–Crippen MR) is 72.4 cm³/mol. The molecule has 8 nitrogen and oxygen atoms in total. The lowest BCUT2D eigenvalue weighted by Crippen LogP contribution is -2.36. The molecule has 2 rings (SSSR count). The van der Waals surface area contributed by atoms with E-state index in [1.165, 1.54) is 26.4 Å². The van der Waals surface area contributed by atoms with Gasteiger partial charge in [0.15, 0.2) is 11.5 Å². The Labute approximate surface area is 121 Å². The van der Waals surface area contributed by atoms with E-state index in [1.54, 1.807) is 0 Å². The van der Waals surface area contributed by atoms with Crippen LogP contribution in [-0.2, 0) is 4.84 Å². The Balaban J connectivity index is 2.44. The standard InChI is InChI=1S/C13H16N2O6/c1-19-11-7-9(10(15(17)18)8-12(11)20-2)13(16)14-5-3-4-6-21-14/h7-8H,3-6H2,1-2H3. The second-order valence-corrected chi connectivity index (χ2v) is 4.43. The lowest BCUT2D eigenvalue weighted by molar-refractivity contribution is -0.385. The summed E-state index contributed by atoms with van der Waals surface area (Å²) in [7, 11) is 2.77. The minimum atomic E-state index is -0.626. The number of amides is 1. The summed E-state index contributed by atoms with van der Waals surface area (Å²) in [5.41, 5.74) is -0.425. The lowest BCUT2D eigenvalue weighted by atomic mass is 10.1. The molecule has 0 bridgehead atoms. The molecule has 0 N–H and O–H groups in total. The number of hydrogen-bond acceptors (Lipinski definition) is 6. The number of carbonyl (C=O) groups is 1. The first-order chi connectivity index (χ1) is 10.1. The van der Waals surface area contributed by atoms with E-state index in [4.69, 9.17) is 14.3 Å². The fourth-order valence-corrected chi connectivity index (χ4v) is 2.08. The Hall–Kier alpha value is -2.35. The van der Waals surface area contributed by atoms with Crippen LogP contribution in [0, 0.1) is 10.1 Å². The SMILES string of the molecule is COc1cc(C(=O)N2CCCCO2)c([N+](=O)[O-])cc1OC. The smallest absolute Gasteiger partial charge is 0.286 e. The molecule has 1 aromatic rings. The van der Waals surface area contributed by atoms with E-state index < -0.39 is 10.8 Å². The number of nitrogens with zero attached hydrogens (tertiary/aromatic N) is 2. The Morgan fingerprint density at radius 1 is 1.29 bits per heavy atom. The Kier molecular flexibility index (Phi) is 4.59. The largest absolute Gasteiger partial charge is 0.493 e. The number of nitro groups is 1. The van der Waals surface area contributed by atoms with Gasteiger partial charge in [-0.3, -0.25) is 19.7 Å². The molecular weight excluding hydrogens is 280 g/mol. The highest BCUT2D eigenvalue weighted by molar-refractivity contribution is 5.98. The number of hydroxylamine groups is 2. The van der Waals surface area contributed by atoms with E-state index in [1.807, 2.05) is 0 Å². The van der Waals surface area contributed by atoms with Crippen LogP contribution in [0.5, 0.6) is 11.5 Å². The van der Waals surface area contributed by atoms with Crippen molar-refractivity contribution in [1.29, 1.82) is 0 Å². The normalized spacial score (nSPS) is 14.7. The van der Waals surface area contributed by atoms with E-state index in [0.717, 1.165) is 17.9 Å². The summed E-state index contributed by atoms with van der Waals surface area (Å²) in [4.78, 5) is 28.2. The summed E-state index contributed by atoms with van der Waals surface area (Å²) in [5, 5.41) is 12.3. The van der Waals surface area contributed by atoms with Crippen LogP contribution in [0.25, 0.3) is 0 Å². The number of rotatable bonds is 4. The summed E-state index contributed by atoms with van der Waals surface area (Å²) < 4.78 is 10.1. The minimum Gasteiger partial charge on any atom is -0.493 e. The summed E-state index contributed by atoms with van der Waals surface area (Å²) >= 11 is 0. The van der Waals surface area contributed by atoms with Crippen molar-refractivity contribution < 1.29 is 24.0 Å². The molecule has 0 unspecified atom stereocenters. The third kappa shape index (κ3) is 3.05. The molecule has 1 aliphatic heterocycles. The second-order valence-electron chi connectivity index (χ2n) is 4.43. The zero-order valence-corrected chi connectivity index (χ0v) is 11.8. The molecule has 114 valence electrons. The molecule has 0 aromatic heterocycles. The third-order valence-corrected chi connectivity index (χ3v) is 3.16. The van der Waals surface area contributed by atoms with Gasteiger partial charge in [-0.05, 0) is 12.8 Å². The summed E-state index contributed by atoms with van der Waals surface area (Å²) in [6.07, 6.45) is 1.66. The van der Waals surface area contributed by atoms with Crippen molar-refractivity contribution in [3.05, 3.63) is 27.8 Å². The molecular formula is C13H16N2O6. The topological polar surface area (TPSA) is 91.1 Å². The van der Waals surface area contributed by atoms with Crippen LogP contribution >= 0.6 is 0 Å². The molecule has 1 fully saturated rings. The van der Waals surface area contributed by atoms with Crippen LogP contribution in [0.1, 0.15) is 23.2 Å². The van der Waals surface area contributed by atoms with Gasteiger partial charge in [0.25, 0.3) is 11.6 Å². The van der Waals surface area contributed by atoms with Gasteiger partial charge in [0, 0.05) is 12.6 Å². The number of carbonyl (C=O) groups excluding carboxylic acids is 1. The first-order valence-electron chi connectivity index (χ1n) is 6.43. The minimum absolute atomic E-state index is 0.0837. The molecule has 0 spiro atoms. The fraction of sp³-hybridized carbons (Fsp3) is 0.462. The first-order valence-corrected chi connectivity index (χ1v) is 6.43. The molecule has 1 aliphatic rings. The van der Waals surface area contributed by atoms with Gasteiger partial charge in [0.1, 0.15) is 5.56 Å². The number of ether oxygens (including phenoxy) is 2. The van der Waals surface area contributed by atoms with Crippen LogP contribution in [0.3, 0.4) is 0 Å². The average molecular weight is 296 g/mol. The number of hydrogen-bond donors (Lipinski definition) is 0. The van der Waals surface area contributed by atoms with Crippen LogP contribution in [0.15, 0.2) is 12.1 Å². The van der Waals surface area contributed by atoms with Crippen molar-refractivity contribution in [2.45, 2.75) is 12.8 Å². The molecule has 21 heavy (non-hydrogen) atoms. The zero-order valence-electron chi connectivity index (χ0n) is 11.8. The maximum Gasteiger partial charge on any atom is 0.286 e. The van der Waals surface area contributed by atoms with Gasteiger partial charge in [-0.2, -0.15) is 0 Å². The van der Waals surface area contributed by atoms with Crippen LogP contribution in [0.2, 0.25) is 0 Å².